The molecule has 0 aliphatic rings. The third kappa shape index (κ3) is 4.19. The SMILES string of the molecule is CCCc1ccc(/C(C)=N\NC(=O)c2ccc(O)cc2)cc1. The number of hydrogen-bond acceptors (Lipinski definition) is 3. The van der Waals surface area contributed by atoms with Crippen LogP contribution in [0, 0.1) is 0 Å². The van der Waals surface area contributed by atoms with Crippen LogP contribution in [0.4, 0.5) is 0 Å². The van der Waals surface area contributed by atoms with Gasteiger partial charge in [0.15, 0.2) is 0 Å². The number of rotatable bonds is 5. The molecule has 0 heterocycles. The van der Waals surface area contributed by atoms with Crippen molar-refractivity contribution in [1.29, 1.82) is 0 Å². The van der Waals surface area contributed by atoms with Crippen LogP contribution in [0.25, 0.3) is 0 Å². The quantitative estimate of drug-likeness (QED) is 0.655. The summed E-state index contributed by atoms with van der Waals surface area (Å²) >= 11 is 0. The molecule has 2 aromatic carbocycles. The molecular weight excluding hydrogens is 276 g/mol. The molecule has 0 radical (unpaired) electrons. The number of aromatic hydroxyl groups is 1. The van der Waals surface area contributed by atoms with Crippen molar-refractivity contribution in [2.24, 2.45) is 5.10 Å². The molecule has 22 heavy (non-hydrogen) atoms. The van der Waals surface area contributed by atoms with Crippen LogP contribution in [0.3, 0.4) is 0 Å². The first kappa shape index (κ1) is 15.8. The zero-order valence-corrected chi connectivity index (χ0v) is 12.8. The lowest BCUT2D eigenvalue weighted by molar-refractivity contribution is 0.0955. The number of hydrazone groups is 1. The molecule has 0 atom stereocenters. The third-order valence-corrected chi connectivity index (χ3v) is 3.37. The number of amides is 1. The van der Waals surface area contributed by atoms with Crippen LogP contribution in [0.5, 0.6) is 5.75 Å². The van der Waals surface area contributed by atoms with Gasteiger partial charge in [-0.3, -0.25) is 4.79 Å². The number of carbonyl (C=O) groups is 1. The number of carbonyl (C=O) groups excluding carboxylic acids is 1. The van der Waals surface area contributed by atoms with Gasteiger partial charge in [-0.1, -0.05) is 37.6 Å². The van der Waals surface area contributed by atoms with Crippen molar-refractivity contribution in [1.82, 2.24) is 5.43 Å². The Labute approximate surface area is 130 Å². The van der Waals surface area contributed by atoms with Crippen molar-refractivity contribution in [3.63, 3.8) is 0 Å². The minimum Gasteiger partial charge on any atom is -0.508 e. The van der Waals surface area contributed by atoms with Gasteiger partial charge in [0.05, 0.1) is 5.71 Å². The number of benzene rings is 2. The Hall–Kier alpha value is -2.62. The first-order valence-electron chi connectivity index (χ1n) is 7.33. The van der Waals surface area contributed by atoms with E-state index >= 15 is 0 Å². The summed E-state index contributed by atoms with van der Waals surface area (Å²) in [5, 5.41) is 13.3. The maximum absolute atomic E-state index is 11.9. The zero-order chi connectivity index (χ0) is 15.9. The Kier molecular flexibility index (Phi) is 5.31. The largest absolute Gasteiger partial charge is 0.508 e. The molecule has 0 aliphatic carbocycles. The minimum absolute atomic E-state index is 0.128. The van der Waals surface area contributed by atoms with Gasteiger partial charge >= 0.3 is 0 Å². The minimum atomic E-state index is -0.304. The van der Waals surface area contributed by atoms with Crippen LogP contribution in [0.2, 0.25) is 0 Å². The monoisotopic (exact) mass is 296 g/mol. The molecule has 0 spiro atoms. The summed E-state index contributed by atoms with van der Waals surface area (Å²) in [6, 6.07) is 14.2. The summed E-state index contributed by atoms with van der Waals surface area (Å²) in [7, 11) is 0. The molecule has 0 aromatic heterocycles. The molecule has 2 rings (SSSR count). The number of aryl methyl sites for hydroxylation is 1. The third-order valence-electron chi connectivity index (χ3n) is 3.37. The van der Waals surface area contributed by atoms with Crippen LogP contribution in [0.15, 0.2) is 53.6 Å². The molecule has 0 saturated carbocycles. The molecule has 4 heteroatoms. The van der Waals surface area contributed by atoms with E-state index in [4.69, 9.17) is 0 Å². The van der Waals surface area contributed by atoms with Crippen molar-refractivity contribution >= 4 is 11.6 Å². The molecule has 2 N–H and O–H groups in total. The maximum atomic E-state index is 11.9. The molecule has 4 nitrogen and oxygen atoms in total. The lowest BCUT2D eigenvalue weighted by Gasteiger charge is -2.05. The van der Waals surface area contributed by atoms with E-state index in [1.165, 1.54) is 17.7 Å². The van der Waals surface area contributed by atoms with Crippen LogP contribution in [-0.2, 0) is 6.42 Å². The van der Waals surface area contributed by atoms with Gasteiger partial charge in [0, 0.05) is 5.56 Å². The number of hydrogen-bond donors (Lipinski definition) is 2. The second-order valence-electron chi connectivity index (χ2n) is 5.13. The Morgan fingerprint density at radius 1 is 1.05 bits per heavy atom. The van der Waals surface area contributed by atoms with Crippen molar-refractivity contribution in [3.8, 4) is 5.75 Å². The molecule has 0 saturated heterocycles. The van der Waals surface area contributed by atoms with Crippen molar-refractivity contribution in [3.05, 3.63) is 65.2 Å². The van der Waals surface area contributed by atoms with E-state index in [2.05, 4.69) is 29.6 Å². The Balaban J connectivity index is 2.02. The smallest absolute Gasteiger partial charge is 0.271 e. The first-order valence-corrected chi connectivity index (χ1v) is 7.33. The number of phenols is 1. The van der Waals surface area contributed by atoms with Gasteiger partial charge in [-0.05, 0) is 48.7 Å². The Morgan fingerprint density at radius 3 is 2.23 bits per heavy atom. The summed E-state index contributed by atoms with van der Waals surface area (Å²) in [4.78, 5) is 11.9. The van der Waals surface area contributed by atoms with E-state index in [1.807, 2.05) is 19.1 Å². The van der Waals surface area contributed by atoms with Gasteiger partial charge < -0.3 is 5.11 Å². The fraction of sp³-hybridized carbons (Fsp3) is 0.222. The Morgan fingerprint density at radius 2 is 1.64 bits per heavy atom. The molecule has 0 unspecified atom stereocenters. The molecular formula is C18H20N2O2. The van der Waals surface area contributed by atoms with E-state index in [1.54, 1.807) is 12.1 Å². The van der Waals surface area contributed by atoms with Gasteiger partial charge in [0.25, 0.3) is 5.91 Å². The number of phenolic OH excluding ortho intramolecular Hbond substituents is 1. The highest BCUT2D eigenvalue weighted by Crippen LogP contribution is 2.10. The summed E-state index contributed by atoms with van der Waals surface area (Å²) in [5.74, 6) is -0.176. The molecule has 114 valence electrons. The molecule has 1 amide bonds. The van der Waals surface area contributed by atoms with E-state index in [0.29, 0.717) is 5.56 Å². The molecule has 0 aliphatic heterocycles. The summed E-state index contributed by atoms with van der Waals surface area (Å²) in [6.45, 7) is 4.01. The average Bonchev–Trinajstić information content (AvgIpc) is 2.54. The highest BCUT2D eigenvalue weighted by Gasteiger charge is 2.05. The molecule has 2 aromatic rings. The topological polar surface area (TPSA) is 61.7 Å². The number of nitrogens with one attached hydrogen (secondary N) is 1. The van der Waals surface area contributed by atoms with E-state index < -0.39 is 0 Å². The normalized spacial score (nSPS) is 11.3. The lowest BCUT2D eigenvalue weighted by Crippen LogP contribution is -2.19. The summed E-state index contributed by atoms with van der Waals surface area (Å²) < 4.78 is 0. The standard InChI is InChI=1S/C18H20N2O2/c1-3-4-14-5-7-15(8-6-14)13(2)19-20-18(22)16-9-11-17(21)12-10-16/h5-12,21H,3-4H2,1-2H3,(H,20,22)/b19-13-. The predicted octanol–water partition coefficient (Wildman–Crippen LogP) is 3.50. The summed E-state index contributed by atoms with van der Waals surface area (Å²) in [6.07, 6.45) is 2.18. The van der Waals surface area contributed by atoms with Gasteiger partial charge in [0.1, 0.15) is 5.75 Å². The van der Waals surface area contributed by atoms with E-state index in [-0.39, 0.29) is 11.7 Å². The fourth-order valence-electron chi connectivity index (χ4n) is 2.08. The van der Waals surface area contributed by atoms with Gasteiger partial charge in [-0.15, -0.1) is 0 Å². The molecule has 0 fully saturated rings. The van der Waals surface area contributed by atoms with Gasteiger partial charge in [-0.2, -0.15) is 5.10 Å². The van der Waals surface area contributed by atoms with Crippen LogP contribution < -0.4 is 5.43 Å². The average molecular weight is 296 g/mol. The van der Waals surface area contributed by atoms with E-state index in [0.717, 1.165) is 24.1 Å². The fourth-order valence-corrected chi connectivity index (χ4v) is 2.08. The number of nitrogens with zero attached hydrogens (tertiary/aromatic N) is 1. The molecule has 0 bridgehead atoms. The van der Waals surface area contributed by atoms with Crippen molar-refractivity contribution < 1.29 is 9.90 Å². The van der Waals surface area contributed by atoms with Crippen molar-refractivity contribution in [2.75, 3.05) is 0 Å². The Bertz CT molecular complexity index is 658. The first-order chi connectivity index (χ1) is 10.6. The van der Waals surface area contributed by atoms with Crippen LogP contribution in [0.1, 0.15) is 41.8 Å². The van der Waals surface area contributed by atoms with Gasteiger partial charge in [-0.25, -0.2) is 5.43 Å². The van der Waals surface area contributed by atoms with E-state index in [9.17, 15) is 9.90 Å². The highest BCUT2D eigenvalue weighted by molar-refractivity contribution is 6.00. The van der Waals surface area contributed by atoms with Crippen LogP contribution >= 0.6 is 0 Å². The van der Waals surface area contributed by atoms with Crippen molar-refractivity contribution in [2.45, 2.75) is 26.7 Å². The van der Waals surface area contributed by atoms with Crippen LogP contribution in [-0.4, -0.2) is 16.7 Å². The second-order valence-corrected chi connectivity index (χ2v) is 5.13. The highest BCUT2D eigenvalue weighted by atomic mass is 16.3. The van der Waals surface area contributed by atoms with Gasteiger partial charge in [0.2, 0.25) is 0 Å². The predicted molar refractivity (Wildman–Crippen MR) is 88.2 cm³/mol. The maximum Gasteiger partial charge on any atom is 0.271 e. The summed E-state index contributed by atoms with van der Waals surface area (Å²) in [5.41, 5.74) is 6.00. The second kappa shape index (κ2) is 7.41. The lowest BCUT2D eigenvalue weighted by atomic mass is 10.1. The zero-order valence-electron chi connectivity index (χ0n) is 12.8.